The summed E-state index contributed by atoms with van der Waals surface area (Å²) >= 11 is 0. The number of para-hydroxylation sites is 3. The molecule has 15 nitrogen and oxygen atoms in total. The Balaban J connectivity index is 0.000000113. The molecule has 6 saturated carbocycles. The zero-order valence-corrected chi connectivity index (χ0v) is 65.7. The average Bonchev–Trinajstić information content (AvgIpc) is 1.56. The Kier molecular flexibility index (Phi) is 19.0. The van der Waals surface area contributed by atoms with E-state index in [0.717, 1.165) is 88.5 Å². The number of hydrogen-bond acceptors (Lipinski definition) is 6. The van der Waals surface area contributed by atoms with E-state index < -0.39 is 17.9 Å². The van der Waals surface area contributed by atoms with Gasteiger partial charge in [0.1, 0.15) is 0 Å². The molecule has 0 amide bonds. The second-order valence-corrected chi connectivity index (χ2v) is 35.2. The number of carboxylic acids is 3. The normalized spacial score (nSPS) is 18.7. The Hall–Kier alpha value is -9.15. The van der Waals surface area contributed by atoms with Gasteiger partial charge in [-0.3, -0.25) is 0 Å². The van der Waals surface area contributed by atoms with Crippen molar-refractivity contribution in [3.8, 4) is 33.8 Å². The number of benzene rings is 6. The van der Waals surface area contributed by atoms with Crippen LogP contribution in [0.1, 0.15) is 232 Å². The smallest absolute Gasteiger partial charge is 0.335 e. The molecule has 0 saturated heterocycles. The summed E-state index contributed by atoms with van der Waals surface area (Å²) in [5, 5.41) is 40.2. The lowest BCUT2D eigenvalue weighted by atomic mass is 9.81. The number of rotatable bonds is 13. The number of aromatic nitrogens is 6. The Bertz CT molecular complexity index is 5350. The lowest BCUT2D eigenvalue weighted by Crippen LogP contribution is -2.21. The summed E-state index contributed by atoms with van der Waals surface area (Å²) in [5.41, 5.74) is 24.6. The van der Waals surface area contributed by atoms with Gasteiger partial charge in [-0.05, 0) is 206 Å². The molecule has 6 aromatic carbocycles. The minimum Gasteiger partial charge on any atom is -0.478 e. The average molecular weight is 1470 g/mol. The number of hydrogen-bond donors (Lipinski definition) is 4. The minimum absolute atomic E-state index is 0.247. The fourth-order valence-corrected chi connectivity index (χ4v) is 21.2. The second kappa shape index (κ2) is 28.9. The van der Waals surface area contributed by atoms with Gasteiger partial charge in [0.15, 0.2) is 0 Å². The molecule has 6 aromatic heterocycles. The molecule has 572 valence electrons. The van der Waals surface area contributed by atoms with Crippen molar-refractivity contribution in [2.45, 2.75) is 226 Å². The molecule has 6 fully saturated rings. The molecule has 21 rings (SSSR count). The molecule has 4 N–H and O–H groups in total. The van der Waals surface area contributed by atoms with Crippen molar-refractivity contribution < 1.29 is 29.7 Å². The van der Waals surface area contributed by atoms with E-state index in [4.69, 9.17) is 0 Å². The standard InChI is InChI=1S/2C32H37N3O2.C28H28N2O2.C3H9N/c2*1-3-33(2)17-23-18-34-19-32(14-15-32)20-35-27-16-22(31(36)37)12-13-25(27)28(21-8-5-4-6-9-21)30(35)26-11-7-10-24(23)29(26)34;31-27(32)20-9-10-21-23(15-20)30-17-28(12-13-28)16-29-14-11-19-7-4-8-22(25(19)29)26(30)24(21)18-5-2-1-3-6-18;1-3-4-2/h2*7,10-13,16,18,21H,3-6,8-9,14-15,17,19-20H2,1-2H3,(H,36,37);4,7-11,14-15,18H,1-3,5-6,12-13,16-17H2,(H,31,32);4H,3H2,1-2H3. The van der Waals surface area contributed by atoms with Gasteiger partial charge in [0, 0.05) is 153 Å². The van der Waals surface area contributed by atoms with Crippen LogP contribution < -0.4 is 5.32 Å². The Morgan fingerprint density at radius 2 is 0.755 bits per heavy atom. The van der Waals surface area contributed by atoms with Gasteiger partial charge in [-0.2, -0.15) is 0 Å². The maximum atomic E-state index is 12.0. The molecule has 3 spiro atoms. The molecule has 3 aliphatic heterocycles. The van der Waals surface area contributed by atoms with Crippen molar-refractivity contribution in [1.82, 2.24) is 42.5 Å². The summed E-state index contributed by atoms with van der Waals surface area (Å²) in [5.74, 6) is -0.922. The number of nitrogens with zero attached hydrogens (tertiary/aromatic N) is 8. The van der Waals surface area contributed by atoms with Gasteiger partial charge >= 0.3 is 17.9 Å². The topological polar surface area (TPSA) is 160 Å². The number of carboxylic acid groups (broad SMARTS) is 3. The molecular formula is C95H111N9O6. The fraction of sp³-hybridized carbons (Fsp3) is 0.463. The van der Waals surface area contributed by atoms with Gasteiger partial charge in [-0.15, -0.1) is 0 Å². The molecule has 9 heterocycles. The van der Waals surface area contributed by atoms with Crippen LogP contribution in [0.15, 0.2) is 134 Å². The first-order valence-electron chi connectivity index (χ1n) is 42.0. The molecule has 12 aromatic rings. The Labute approximate surface area is 646 Å². The van der Waals surface area contributed by atoms with Crippen LogP contribution >= 0.6 is 0 Å². The molecule has 0 atom stereocenters. The first kappa shape index (κ1) is 72.4. The van der Waals surface area contributed by atoms with E-state index in [-0.39, 0.29) is 16.2 Å². The van der Waals surface area contributed by atoms with E-state index in [1.165, 1.54) is 245 Å². The molecule has 9 aliphatic rings. The van der Waals surface area contributed by atoms with Gasteiger partial charge in [0.25, 0.3) is 0 Å². The molecule has 0 unspecified atom stereocenters. The van der Waals surface area contributed by atoms with E-state index in [0.29, 0.717) is 34.4 Å². The third-order valence-electron chi connectivity index (χ3n) is 27.8. The van der Waals surface area contributed by atoms with E-state index in [9.17, 15) is 29.7 Å². The lowest BCUT2D eigenvalue weighted by Gasteiger charge is -2.27. The maximum absolute atomic E-state index is 12.0. The van der Waals surface area contributed by atoms with E-state index >= 15 is 0 Å². The van der Waals surface area contributed by atoms with Crippen molar-refractivity contribution in [3.05, 3.63) is 178 Å². The first-order valence-corrected chi connectivity index (χ1v) is 42.0. The van der Waals surface area contributed by atoms with E-state index in [1.54, 1.807) is 6.07 Å². The minimum atomic E-state index is -0.843. The summed E-state index contributed by atoms with van der Waals surface area (Å²) in [4.78, 5) is 40.6. The zero-order chi connectivity index (χ0) is 75.5. The van der Waals surface area contributed by atoms with Crippen molar-refractivity contribution in [3.63, 3.8) is 0 Å². The van der Waals surface area contributed by atoms with Gasteiger partial charge in [-0.1, -0.05) is 151 Å². The van der Waals surface area contributed by atoms with Crippen molar-refractivity contribution in [2.75, 3.05) is 40.8 Å². The summed E-state index contributed by atoms with van der Waals surface area (Å²) < 4.78 is 15.2. The van der Waals surface area contributed by atoms with Crippen LogP contribution in [0.5, 0.6) is 0 Å². The third kappa shape index (κ3) is 12.9. The van der Waals surface area contributed by atoms with Crippen molar-refractivity contribution in [2.24, 2.45) is 16.2 Å². The molecule has 0 bridgehead atoms. The van der Waals surface area contributed by atoms with Gasteiger partial charge < -0.3 is 57.8 Å². The number of carbonyl (C=O) groups is 3. The largest absolute Gasteiger partial charge is 0.478 e. The van der Waals surface area contributed by atoms with Crippen molar-refractivity contribution >= 4 is 83.3 Å². The molecule has 15 heteroatoms. The molecule has 6 aliphatic carbocycles. The predicted molar refractivity (Wildman–Crippen MR) is 446 cm³/mol. The number of nitrogens with one attached hydrogen (secondary N) is 1. The van der Waals surface area contributed by atoms with Crippen LogP contribution in [-0.4, -0.2) is 111 Å². The van der Waals surface area contributed by atoms with Crippen LogP contribution in [0.4, 0.5) is 0 Å². The molecular weight excluding hydrogens is 1360 g/mol. The fourth-order valence-electron chi connectivity index (χ4n) is 21.2. The Morgan fingerprint density at radius 1 is 0.418 bits per heavy atom. The summed E-state index contributed by atoms with van der Waals surface area (Å²) in [7, 11) is 6.33. The zero-order valence-electron chi connectivity index (χ0n) is 65.7. The number of aromatic carboxylic acids is 3. The maximum Gasteiger partial charge on any atom is 0.335 e. The highest BCUT2D eigenvalue weighted by Crippen LogP contribution is 2.59. The van der Waals surface area contributed by atoms with Gasteiger partial charge in [0.05, 0.1) is 50.3 Å². The second-order valence-electron chi connectivity index (χ2n) is 35.2. The van der Waals surface area contributed by atoms with Crippen LogP contribution in [-0.2, 0) is 52.4 Å². The SMILES string of the molecule is CCN(C)Cc1cn2c3c(cccc13)-c1c(C3CCCCC3)c3ccc(C(=O)O)cc3n1CC1(CC1)C2.CCN(C)Cc1cn2c3c(cccc13)-c1c(C3CCCCC3)c3ccc(C(=O)O)cc3n1CC1(CC1)C2.CCNC.O=C(O)c1ccc2c(C3CCCCC3)c3n(c2c1)CC1(CC1)Cn1ccc2cccc-3c21. The van der Waals surface area contributed by atoms with Crippen LogP contribution in [0.25, 0.3) is 99.2 Å². The Morgan fingerprint density at radius 3 is 1.08 bits per heavy atom. The van der Waals surface area contributed by atoms with Crippen LogP contribution in [0.3, 0.4) is 0 Å². The molecule has 0 radical (unpaired) electrons. The summed E-state index contributed by atoms with van der Waals surface area (Å²) in [6, 6.07) is 40.3. The summed E-state index contributed by atoms with van der Waals surface area (Å²) in [6.07, 6.45) is 33.6. The first-order chi connectivity index (χ1) is 53.5. The monoisotopic (exact) mass is 1470 g/mol. The third-order valence-corrected chi connectivity index (χ3v) is 27.8. The predicted octanol–water partition coefficient (Wildman–Crippen LogP) is 21.5. The highest BCUT2D eigenvalue weighted by atomic mass is 16.4. The highest BCUT2D eigenvalue weighted by molar-refractivity contribution is 6.07. The number of fused-ring (bicyclic) bond motifs is 12. The van der Waals surface area contributed by atoms with Gasteiger partial charge in [-0.25, -0.2) is 14.4 Å². The summed E-state index contributed by atoms with van der Waals surface area (Å²) in [6.45, 7) is 17.6. The van der Waals surface area contributed by atoms with Crippen molar-refractivity contribution in [1.29, 1.82) is 0 Å². The molecule has 110 heavy (non-hydrogen) atoms. The van der Waals surface area contributed by atoms with E-state index in [1.807, 2.05) is 37.4 Å². The lowest BCUT2D eigenvalue weighted by molar-refractivity contribution is 0.0686. The quantitative estimate of drug-likeness (QED) is 0.0881. The van der Waals surface area contributed by atoms with Crippen LogP contribution in [0.2, 0.25) is 0 Å². The highest BCUT2D eigenvalue weighted by Gasteiger charge is 2.49. The van der Waals surface area contributed by atoms with E-state index in [2.05, 4.69) is 175 Å². The van der Waals surface area contributed by atoms with Gasteiger partial charge in [0.2, 0.25) is 0 Å². The van der Waals surface area contributed by atoms with Crippen LogP contribution in [0, 0.1) is 16.2 Å².